The third kappa shape index (κ3) is 1.81. The van der Waals surface area contributed by atoms with Gasteiger partial charge in [-0.3, -0.25) is 14.1 Å². The van der Waals surface area contributed by atoms with Crippen molar-refractivity contribution in [1.29, 1.82) is 0 Å². The molecule has 2 aromatic rings. The molecule has 0 spiro atoms. The molecule has 0 saturated heterocycles. The van der Waals surface area contributed by atoms with Crippen LogP contribution in [0.4, 0.5) is 0 Å². The highest BCUT2D eigenvalue weighted by molar-refractivity contribution is 7.86. The maximum atomic E-state index is 12.4. The van der Waals surface area contributed by atoms with Gasteiger partial charge < -0.3 is 10.2 Å². The Morgan fingerprint density at radius 2 is 1.41 bits per heavy atom. The molecule has 3 rings (SSSR count). The van der Waals surface area contributed by atoms with Crippen LogP contribution in [0.5, 0.6) is 11.5 Å². The minimum absolute atomic E-state index is 0.153. The molecule has 0 saturated carbocycles. The molecule has 0 radical (unpaired) electrons. The Morgan fingerprint density at radius 3 is 2.05 bits per heavy atom. The van der Waals surface area contributed by atoms with E-state index in [1.165, 1.54) is 18.2 Å². The van der Waals surface area contributed by atoms with Crippen LogP contribution in [-0.2, 0) is 10.1 Å². The number of ketones is 2. The molecule has 7 nitrogen and oxygen atoms in total. The van der Waals surface area contributed by atoms with Crippen molar-refractivity contribution in [2.75, 3.05) is 0 Å². The van der Waals surface area contributed by atoms with Crippen LogP contribution in [0.25, 0.3) is 0 Å². The Balaban J connectivity index is 2.38. The van der Waals surface area contributed by atoms with E-state index in [0.29, 0.717) is 0 Å². The topological polar surface area (TPSA) is 129 Å². The summed E-state index contributed by atoms with van der Waals surface area (Å²) in [6.45, 7) is 0. The van der Waals surface area contributed by atoms with Crippen LogP contribution in [0.1, 0.15) is 31.8 Å². The highest BCUT2D eigenvalue weighted by Gasteiger charge is 2.36. The van der Waals surface area contributed by atoms with Crippen LogP contribution >= 0.6 is 0 Å². The molecule has 1 aliphatic carbocycles. The van der Waals surface area contributed by atoms with Gasteiger partial charge in [-0.2, -0.15) is 8.42 Å². The maximum Gasteiger partial charge on any atom is 0.298 e. The van der Waals surface area contributed by atoms with Gasteiger partial charge >= 0.3 is 0 Å². The van der Waals surface area contributed by atoms with E-state index < -0.39 is 37.9 Å². The number of fused-ring (bicyclic) bond motifs is 2. The second kappa shape index (κ2) is 4.39. The monoisotopic (exact) mass is 320 g/mol. The molecule has 0 aliphatic heterocycles. The summed E-state index contributed by atoms with van der Waals surface area (Å²) in [5, 5.41) is 19.7. The molecule has 3 N–H and O–H groups in total. The summed E-state index contributed by atoms with van der Waals surface area (Å²) in [7, 11) is -4.76. The van der Waals surface area contributed by atoms with Crippen LogP contribution in [0, 0.1) is 0 Å². The quantitative estimate of drug-likeness (QED) is 0.573. The van der Waals surface area contributed by atoms with Crippen molar-refractivity contribution in [2.24, 2.45) is 0 Å². The average molecular weight is 320 g/mol. The zero-order valence-electron chi connectivity index (χ0n) is 10.8. The standard InChI is InChI=1S/C14H8O7S/c15-8-3-1-2-6-10(8)12(16)7-4-5-9(22(19,20)21)14(18)11(7)13(6)17/h1-5,15,18H,(H,19,20,21). The number of phenolic OH excluding ortho intramolecular Hbond substituents is 2. The normalized spacial score (nSPS) is 13.7. The van der Waals surface area contributed by atoms with Crippen LogP contribution in [0.15, 0.2) is 35.2 Å². The number of hydrogen-bond donors (Lipinski definition) is 3. The Hall–Kier alpha value is -2.71. The van der Waals surface area contributed by atoms with E-state index in [2.05, 4.69) is 0 Å². The largest absolute Gasteiger partial charge is 0.507 e. The average Bonchev–Trinajstić information content (AvgIpc) is 2.43. The lowest BCUT2D eigenvalue weighted by atomic mass is 9.83. The summed E-state index contributed by atoms with van der Waals surface area (Å²) >= 11 is 0. The molecule has 0 atom stereocenters. The fourth-order valence-corrected chi connectivity index (χ4v) is 3.02. The van der Waals surface area contributed by atoms with E-state index in [-0.39, 0.29) is 22.4 Å². The number of benzene rings is 2. The summed E-state index contributed by atoms with van der Waals surface area (Å²) < 4.78 is 31.4. The smallest absolute Gasteiger partial charge is 0.298 e. The van der Waals surface area contributed by atoms with Crippen LogP contribution in [-0.4, -0.2) is 34.8 Å². The lowest BCUT2D eigenvalue weighted by Gasteiger charge is -2.19. The number of aromatic hydroxyl groups is 2. The Morgan fingerprint density at radius 1 is 0.818 bits per heavy atom. The molecule has 0 fully saturated rings. The summed E-state index contributed by atoms with van der Waals surface area (Å²) in [6, 6.07) is 5.68. The first-order valence-corrected chi connectivity index (χ1v) is 7.42. The van der Waals surface area contributed by atoms with Gasteiger partial charge in [-0.1, -0.05) is 12.1 Å². The van der Waals surface area contributed by atoms with Crippen LogP contribution in [0.3, 0.4) is 0 Å². The molecule has 22 heavy (non-hydrogen) atoms. The lowest BCUT2D eigenvalue weighted by Crippen LogP contribution is -2.22. The van der Waals surface area contributed by atoms with E-state index in [1.54, 1.807) is 0 Å². The molecule has 0 heterocycles. The zero-order chi connectivity index (χ0) is 16.2. The fourth-order valence-electron chi connectivity index (χ4n) is 2.44. The lowest BCUT2D eigenvalue weighted by molar-refractivity contribution is 0.0973. The summed E-state index contributed by atoms with van der Waals surface area (Å²) in [6.07, 6.45) is 0. The van der Waals surface area contributed by atoms with E-state index in [0.717, 1.165) is 12.1 Å². The molecule has 0 unspecified atom stereocenters. The van der Waals surface area contributed by atoms with Crippen molar-refractivity contribution in [3.8, 4) is 11.5 Å². The third-order valence-corrected chi connectivity index (χ3v) is 4.29. The Bertz CT molecular complexity index is 957. The van der Waals surface area contributed by atoms with Crippen molar-refractivity contribution in [3.05, 3.63) is 52.6 Å². The van der Waals surface area contributed by atoms with Gasteiger partial charge in [0.1, 0.15) is 16.4 Å². The van der Waals surface area contributed by atoms with Gasteiger partial charge in [-0.25, -0.2) is 0 Å². The number of phenols is 2. The maximum absolute atomic E-state index is 12.4. The minimum Gasteiger partial charge on any atom is -0.507 e. The number of hydrogen-bond acceptors (Lipinski definition) is 6. The fraction of sp³-hybridized carbons (Fsp3) is 0. The second-order valence-electron chi connectivity index (χ2n) is 4.67. The number of carbonyl (C=O) groups excluding carboxylic acids is 2. The SMILES string of the molecule is O=C1c2ccc(S(=O)(=O)O)c(O)c2C(=O)c2cccc(O)c21. The van der Waals surface area contributed by atoms with Gasteiger partial charge in [0.25, 0.3) is 10.1 Å². The molecule has 0 amide bonds. The van der Waals surface area contributed by atoms with Gasteiger partial charge in [0.05, 0.1) is 11.1 Å². The zero-order valence-corrected chi connectivity index (χ0v) is 11.6. The second-order valence-corrected chi connectivity index (χ2v) is 6.06. The number of carbonyl (C=O) groups is 2. The molecule has 0 aromatic heterocycles. The molecule has 2 aromatic carbocycles. The summed E-state index contributed by atoms with van der Waals surface area (Å²) in [5.41, 5.74) is -1.12. The van der Waals surface area contributed by atoms with Gasteiger partial charge in [0.15, 0.2) is 11.6 Å². The predicted molar refractivity (Wildman–Crippen MR) is 72.9 cm³/mol. The van der Waals surface area contributed by atoms with E-state index in [9.17, 15) is 28.2 Å². The van der Waals surface area contributed by atoms with Crippen molar-refractivity contribution < 1.29 is 32.8 Å². The predicted octanol–water partition coefficient (Wildman–Crippen LogP) is 1.12. The van der Waals surface area contributed by atoms with Crippen LogP contribution < -0.4 is 0 Å². The first-order valence-electron chi connectivity index (χ1n) is 5.98. The molecule has 112 valence electrons. The van der Waals surface area contributed by atoms with E-state index in [4.69, 9.17) is 4.55 Å². The Kier molecular flexibility index (Phi) is 2.84. The van der Waals surface area contributed by atoms with E-state index >= 15 is 0 Å². The van der Waals surface area contributed by atoms with Gasteiger partial charge in [-0.05, 0) is 18.2 Å². The molecular weight excluding hydrogens is 312 g/mol. The first kappa shape index (κ1) is 14.2. The molecule has 8 heteroatoms. The minimum atomic E-state index is -4.76. The number of rotatable bonds is 1. The van der Waals surface area contributed by atoms with Gasteiger partial charge in [0, 0.05) is 11.1 Å². The molecular formula is C14H8O7S. The van der Waals surface area contributed by atoms with Gasteiger partial charge in [-0.15, -0.1) is 0 Å². The molecule has 0 bridgehead atoms. The first-order chi connectivity index (χ1) is 10.2. The van der Waals surface area contributed by atoms with Crippen molar-refractivity contribution in [1.82, 2.24) is 0 Å². The summed E-state index contributed by atoms with van der Waals surface area (Å²) in [5.74, 6) is -2.92. The Labute approximate surface area is 124 Å². The summed E-state index contributed by atoms with van der Waals surface area (Å²) in [4.78, 5) is 23.9. The van der Waals surface area contributed by atoms with Crippen molar-refractivity contribution in [3.63, 3.8) is 0 Å². The third-order valence-electron chi connectivity index (χ3n) is 3.40. The van der Waals surface area contributed by atoms with E-state index in [1.807, 2.05) is 0 Å². The van der Waals surface area contributed by atoms with Crippen molar-refractivity contribution >= 4 is 21.7 Å². The molecule has 1 aliphatic rings. The van der Waals surface area contributed by atoms with Crippen LogP contribution in [0.2, 0.25) is 0 Å². The van der Waals surface area contributed by atoms with Crippen molar-refractivity contribution in [2.45, 2.75) is 4.90 Å². The highest BCUT2D eigenvalue weighted by Crippen LogP contribution is 2.38. The van der Waals surface area contributed by atoms with Gasteiger partial charge in [0.2, 0.25) is 0 Å². The highest BCUT2D eigenvalue weighted by atomic mass is 32.2.